The van der Waals surface area contributed by atoms with Gasteiger partial charge >= 0.3 is 0 Å². The lowest BCUT2D eigenvalue weighted by Crippen LogP contribution is -2.20. The maximum Gasteiger partial charge on any atom is 0.221 e. The van der Waals surface area contributed by atoms with Crippen LogP contribution in [0.2, 0.25) is 0 Å². The van der Waals surface area contributed by atoms with E-state index in [2.05, 4.69) is 10.6 Å². The lowest BCUT2D eigenvalue weighted by atomic mass is 10.2. The fourth-order valence-electron chi connectivity index (χ4n) is 1.22. The molecule has 5 heteroatoms. The van der Waals surface area contributed by atoms with E-state index in [0.717, 1.165) is 5.69 Å². The fraction of sp³-hybridized carbons (Fsp3) is 0.364. The van der Waals surface area contributed by atoms with E-state index in [4.69, 9.17) is 4.74 Å². The van der Waals surface area contributed by atoms with Gasteiger partial charge < -0.3 is 15.4 Å². The zero-order valence-electron chi connectivity index (χ0n) is 9.34. The van der Waals surface area contributed by atoms with E-state index in [1.807, 2.05) is 0 Å². The first kappa shape index (κ1) is 12.3. The van der Waals surface area contributed by atoms with Crippen molar-refractivity contribution in [3.8, 4) is 5.75 Å². The predicted molar refractivity (Wildman–Crippen MR) is 60.1 cm³/mol. The molecule has 0 unspecified atom stereocenters. The summed E-state index contributed by atoms with van der Waals surface area (Å²) in [6.07, 6.45) is 0.371. The van der Waals surface area contributed by atoms with Crippen molar-refractivity contribution in [1.29, 1.82) is 0 Å². The average Bonchev–Trinajstić information content (AvgIpc) is 2.31. The van der Waals surface area contributed by atoms with Crippen LogP contribution in [0.1, 0.15) is 6.42 Å². The summed E-state index contributed by atoms with van der Waals surface area (Å²) in [5, 5.41) is 5.52. The highest BCUT2D eigenvalue weighted by Gasteiger charge is 2.03. The molecule has 4 nitrogen and oxygen atoms in total. The highest BCUT2D eigenvalue weighted by atomic mass is 19.1. The van der Waals surface area contributed by atoms with Gasteiger partial charge in [-0.05, 0) is 12.1 Å². The molecule has 0 aliphatic heterocycles. The number of hydrogen-bond donors (Lipinski definition) is 2. The second kappa shape index (κ2) is 5.95. The van der Waals surface area contributed by atoms with E-state index < -0.39 is 5.82 Å². The molecule has 88 valence electrons. The minimum atomic E-state index is -0.403. The number of rotatable bonds is 5. The lowest BCUT2D eigenvalue weighted by molar-refractivity contribution is -0.120. The Kier molecular flexibility index (Phi) is 4.57. The summed E-state index contributed by atoms with van der Waals surface area (Å²) in [6.45, 7) is 0.495. The van der Waals surface area contributed by atoms with Gasteiger partial charge in [0.15, 0.2) is 11.6 Å². The third-order valence-electron chi connectivity index (χ3n) is 2.11. The summed E-state index contributed by atoms with van der Waals surface area (Å²) in [7, 11) is 3.00. The van der Waals surface area contributed by atoms with Crippen LogP contribution in [0.25, 0.3) is 0 Å². The molecule has 16 heavy (non-hydrogen) atoms. The smallest absolute Gasteiger partial charge is 0.221 e. The van der Waals surface area contributed by atoms with Crippen molar-refractivity contribution in [2.24, 2.45) is 0 Å². The van der Waals surface area contributed by atoms with E-state index in [-0.39, 0.29) is 11.7 Å². The van der Waals surface area contributed by atoms with E-state index in [1.54, 1.807) is 19.2 Å². The molecule has 1 aromatic rings. The first-order valence-corrected chi connectivity index (χ1v) is 4.95. The molecule has 0 saturated carbocycles. The van der Waals surface area contributed by atoms with Crippen molar-refractivity contribution in [2.75, 3.05) is 26.0 Å². The number of anilines is 1. The van der Waals surface area contributed by atoms with Gasteiger partial charge in [0, 0.05) is 31.8 Å². The molecule has 0 atom stereocenters. The molecule has 0 aliphatic carbocycles. The van der Waals surface area contributed by atoms with Crippen LogP contribution in [-0.2, 0) is 4.79 Å². The van der Waals surface area contributed by atoms with Crippen LogP contribution in [0.5, 0.6) is 5.75 Å². The van der Waals surface area contributed by atoms with Gasteiger partial charge in [-0.25, -0.2) is 4.39 Å². The zero-order valence-corrected chi connectivity index (χ0v) is 9.34. The maximum absolute atomic E-state index is 13.1. The summed E-state index contributed by atoms with van der Waals surface area (Å²) in [4.78, 5) is 10.9. The lowest BCUT2D eigenvalue weighted by Gasteiger charge is -2.08. The second-order valence-electron chi connectivity index (χ2n) is 3.20. The van der Waals surface area contributed by atoms with E-state index in [9.17, 15) is 9.18 Å². The highest BCUT2D eigenvalue weighted by Crippen LogP contribution is 2.21. The minimum Gasteiger partial charge on any atom is -0.494 e. The number of carbonyl (C=O) groups is 1. The number of hydrogen-bond acceptors (Lipinski definition) is 3. The Hall–Kier alpha value is -1.78. The fourth-order valence-corrected chi connectivity index (χ4v) is 1.22. The largest absolute Gasteiger partial charge is 0.494 e. The Balaban J connectivity index is 2.51. The number of ether oxygens (including phenoxy) is 1. The third kappa shape index (κ3) is 3.42. The van der Waals surface area contributed by atoms with Crippen LogP contribution in [0.3, 0.4) is 0 Å². The molecule has 0 saturated heterocycles. The molecule has 1 rings (SSSR count). The van der Waals surface area contributed by atoms with Crippen molar-refractivity contribution < 1.29 is 13.9 Å². The Labute approximate surface area is 93.8 Å². The van der Waals surface area contributed by atoms with Gasteiger partial charge in [-0.15, -0.1) is 0 Å². The molecule has 0 radical (unpaired) electrons. The Bertz CT molecular complexity index is 369. The summed E-state index contributed by atoms with van der Waals surface area (Å²) < 4.78 is 17.9. The van der Waals surface area contributed by atoms with Gasteiger partial charge in [-0.2, -0.15) is 0 Å². The molecule has 1 amide bonds. The Morgan fingerprint density at radius 2 is 2.25 bits per heavy atom. The second-order valence-corrected chi connectivity index (χ2v) is 3.20. The number of benzene rings is 1. The Morgan fingerprint density at radius 3 is 2.88 bits per heavy atom. The van der Waals surface area contributed by atoms with Gasteiger partial charge in [0.2, 0.25) is 5.91 Å². The van der Waals surface area contributed by atoms with Crippen LogP contribution in [-0.4, -0.2) is 26.6 Å². The monoisotopic (exact) mass is 226 g/mol. The van der Waals surface area contributed by atoms with Crippen LogP contribution in [0, 0.1) is 5.82 Å². The Morgan fingerprint density at radius 1 is 1.50 bits per heavy atom. The first-order valence-electron chi connectivity index (χ1n) is 4.95. The van der Waals surface area contributed by atoms with Crippen molar-refractivity contribution in [2.45, 2.75) is 6.42 Å². The number of amides is 1. The van der Waals surface area contributed by atoms with Crippen molar-refractivity contribution in [1.82, 2.24) is 5.32 Å². The van der Waals surface area contributed by atoms with E-state index in [1.165, 1.54) is 13.2 Å². The van der Waals surface area contributed by atoms with Gasteiger partial charge in [-0.3, -0.25) is 4.79 Å². The molecule has 1 aromatic carbocycles. The van der Waals surface area contributed by atoms with Crippen LogP contribution < -0.4 is 15.4 Å². The molecule has 2 N–H and O–H groups in total. The summed E-state index contributed by atoms with van der Waals surface area (Å²) in [6, 6.07) is 4.47. The normalized spacial score (nSPS) is 9.69. The van der Waals surface area contributed by atoms with E-state index in [0.29, 0.717) is 13.0 Å². The topological polar surface area (TPSA) is 50.4 Å². The van der Waals surface area contributed by atoms with Gasteiger partial charge in [0.1, 0.15) is 0 Å². The van der Waals surface area contributed by atoms with Gasteiger partial charge in [0.05, 0.1) is 7.11 Å². The molecule has 0 bridgehead atoms. The van der Waals surface area contributed by atoms with E-state index >= 15 is 0 Å². The minimum absolute atomic E-state index is 0.0402. The summed E-state index contributed by atoms with van der Waals surface area (Å²) in [5.41, 5.74) is 0.724. The number of methoxy groups -OCH3 is 1. The third-order valence-corrected chi connectivity index (χ3v) is 2.11. The SMILES string of the molecule is CNC(=O)CCNc1ccc(F)c(OC)c1. The molecule has 0 heterocycles. The predicted octanol–water partition coefficient (Wildman–Crippen LogP) is 1.38. The van der Waals surface area contributed by atoms with Crippen LogP contribution in [0.4, 0.5) is 10.1 Å². The molecule has 0 aliphatic rings. The molecule has 0 fully saturated rings. The maximum atomic E-state index is 13.1. The molecule has 0 spiro atoms. The van der Waals surface area contributed by atoms with Crippen LogP contribution >= 0.6 is 0 Å². The van der Waals surface area contributed by atoms with Crippen molar-refractivity contribution in [3.05, 3.63) is 24.0 Å². The quantitative estimate of drug-likeness (QED) is 0.797. The highest BCUT2D eigenvalue weighted by molar-refractivity contribution is 5.76. The molecular formula is C11H15FN2O2. The molecular weight excluding hydrogens is 211 g/mol. The zero-order chi connectivity index (χ0) is 12.0. The summed E-state index contributed by atoms with van der Waals surface area (Å²) >= 11 is 0. The van der Waals surface area contributed by atoms with Crippen molar-refractivity contribution >= 4 is 11.6 Å². The van der Waals surface area contributed by atoms with Gasteiger partial charge in [-0.1, -0.05) is 0 Å². The number of halogens is 1. The first-order chi connectivity index (χ1) is 7.67. The number of nitrogens with one attached hydrogen (secondary N) is 2. The van der Waals surface area contributed by atoms with Crippen molar-refractivity contribution in [3.63, 3.8) is 0 Å². The van der Waals surface area contributed by atoms with Gasteiger partial charge in [0.25, 0.3) is 0 Å². The molecule has 0 aromatic heterocycles. The number of carbonyl (C=O) groups excluding carboxylic acids is 1. The standard InChI is InChI=1S/C11H15FN2O2/c1-13-11(15)5-6-14-8-3-4-9(12)10(7-8)16-2/h3-4,7,14H,5-6H2,1-2H3,(H,13,15). The van der Waals surface area contributed by atoms with Crippen LogP contribution in [0.15, 0.2) is 18.2 Å². The average molecular weight is 226 g/mol. The summed E-state index contributed by atoms with van der Waals surface area (Å²) in [5.74, 6) is -0.258.